The molecule has 0 saturated carbocycles. The summed E-state index contributed by atoms with van der Waals surface area (Å²) in [6.07, 6.45) is 0. The number of carbonyl (C=O) groups is 2. The van der Waals surface area contributed by atoms with Gasteiger partial charge in [-0.2, -0.15) is 0 Å². The number of nitrogens with one attached hydrogen (secondary N) is 1. The summed E-state index contributed by atoms with van der Waals surface area (Å²) in [6.45, 7) is 12.4. The van der Waals surface area contributed by atoms with Gasteiger partial charge >= 0.3 is 0 Å². The standard InChI is InChI=1S/C24H30N2O2S/c1-15-11-12-18(13-17(15)3)25-21(27)20-14-29-23(24(4,5)6)26(20)22(28)19-10-8-7-9-16(19)2/h7-13,20,23H,14H2,1-6H3,(H,25,27)/t20-,23+/m0/s1. The van der Waals surface area contributed by atoms with Crippen molar-refractivity contribution in [2.24, 2.45) is 5.41 Å². The topological polar surface area (TPSA) is 49.4 Å². The zero-order chi connectivity index (χ0) is 21.3. The molecule has 1 saturated heterocycles. The van der Waals surface area contributed by atoms with Crippen molar-refractivity contribution in [1.29, 1.82) is 0 Å². The second-order valence-corrected chi connectivity index (χ2v) is 10.00. The van der Waals surface area contributed by atoms with Crippen LogP contribution in [0.25, 0.3) is 0 Å². The van der Waals surface area contributed by atoms with Gasteiger partial charge in [-0.15, -0.1) is 11.8 Å². The lowest BCUT2D eigenvalue weighted by atomic mass is 9.94. The predicted molar refractivity (Wildman–Crippen MR) is 121 cm³/mol. The third kappa shape index (κ3) is 4.50. The number of benzene rings is 2. The number of rotatable bonds is 3. The first kappa shape index (κ1) is 21.4. The van der Waals surface area contributed by atoms with Gasteiger partial charge in [-0.05, 0) is 61.1 Å². The SMILES string of the molecule is Cc1ccc(NC(=O)[C@@H]2CS[C@H](C(C)(C)C)N2C(=O)c2ccccc2C)cc1C. The minimum Gasteiger partial charge on any atom is -0.324 e. The summed E-state index contributed by atoms with van der Waals surface area (Å²) < 4.78 is 0. The van der Waals surface area contributed by atoms with Crippen LogP contribution in [0.15, 0.2) is 42.5 Å². The number of aryl methyl sites for hydroxylation is 3. The first-order valence-electron chi connectivity index (χ1n) is 9.97. The number of thioether (sulfide) groups is 1. The van der Waals surface area contributed by atoms with Gasteiger partial charge < -0.3 is 10.2 Å². The number of hydrogen-bond donors (Lipinski definition) is 1. The third-order valence-electron chi connectivity index (χ3n) is 5.43. The molecule has 2 aromatic rings. The highest BCUT2D eigenvalue weighted by Gasteiger charge is 2.46. The van der Waals surface area contributed by atoms with Crippen molar-refractivity contribution in [3.63, 3.8) is 0 Å². The van der Waals surface area contributed by atoms with E-state index in [4.69, 9.17) is 0 Å². The number of nitrogens with zero attached hydrogens (tertiary/aromatic N) is 1. The lowest BCUT2D eigenvalue weighted by Gasteiger charge is -2.36. The van der Waals surface area contributed by atoms with Gasteiger partial charge in [0, 0.05) is 17.0 Å². The van der Waals surface area contributed by atoms with Crippen LogP contribution in [0.2, 0.25) is 0 Å². The Morgan fingerprint density at radius 3 is 2.31 bits per heavy atom. The molecule has 29 heavy (non-hydrogen) atoms. The minimum absolute atomic E-state index is 0.0647. The summed E-state index contributed by atoms with van der Waals surface area (Å²) in [5.74, 6) is 0.388. The first-order chi connectivity index (χ1) is 13.6. The maximum absolute atomic E-state index is 13.5. The first-order valence-corrected chi connectivity index (χ1v) is 11.0. The Morgan fingerprint density at radius 1 is 1.00 bits per heavy atom. The zero-order valence-corrected chi connectivity index (χ0v) is 18.9. The largest absolute Gasteiger partial charge is 0.324 e. The lowest BCUT2D eigenvalue weighted by molar-refractivity contribution is -0.120. The molecule has 1 heterocycles. The van der Waals surface area contributed by atoms with E-state index in [-0.39, 0.29) is 22.6 Å². The van der Waals surface area contributed by atoms with Crippen molar-refractivity contribution >= 4 is 29.3 Å². The summed E-state index contributed by atoms with van der Waals surface area (Å²) in [4.78, 5) is 28.5. The normalized spacial score (nSPS) is 19.3. The number of hydrogen-bond acceptors (Lipinski definition) is 3. The lowest BCUT2D eigenvalue weighted by Crippen LogP contribution is -2.51. The minimum atomic E-state index is -0.502. The van der Waals surface area contributed by atoms with Gasteiger partial charge in [-0.1, -0.05) is 45.0 Å². The summed E-state index contributed by atoms with van der Waals surface area (Å²) in [5, 5.41) is 2.96. The van der Waals surface area contributed by atoms with E-state index in [9.17, 15) is 9.59 Å². The number of amides is 2. The van der Waals surface area contributed by atoms with Crippen molar-refractivity contribution in [3.05, 3.63) is 64.7 Å². The molecule has 3 rings (SSSR count). The molecule has 2 atom stereocenters. The van der Waals surface area contributed by atoms with E-state index in [0.717, 1.165) is 16.8 Å². The maximum atomic E-state index is 13.5. The van der Waals surface area contributed by atoms with Crippen LogP contribution in [-0.4, -0.2) is 33.9 Å². The van der Waals surface area contributed by atoms with Gasteiger partial charge in [0.1, 0.15) is 6.04 Å². The van der Waals surface area contributed by atoms with E-state index in [2.05, 4.69) is 26.1 Å². The quantitative estimate of drug-likeness (QED) is 0.758. The van der Waals surface area contributed by atoms with Crippen molar-refractivity contribution in [2.75, 3.05) is 11.1 Å². The second kappa shape index (κ2) is 8.23. The molecule has 5 heteroatoms. The molecule has 1 N–H and O–H groups in total. The van der Waals surface area contributed by atoms with Gasteiger partial charge in [0.15, 0.2) is 0 Å². The zero-order valence-electron chi connectivity index (χ0n) is 18.1. The van der Waals surface area contributed by atoms with Crippen LogP contribution in [0.1, 0.15) is 47.8 Å². The Morgan fingerprint density at radius 2 is 1.69 bits per heavy atom. The third-order valence-corrected chi connectivity index (χ3v) is 7.19. The molecular formula is C24H30N2O2S. The van der Waals surface area contributed by atoms with E-state index in [1.54, 1.807) is 16.7 Å². The second-order valence-electron chi connectivity index (χ2n) is 8.88. The highest BCUT2D eigenvalue weighted by molar-refractivity contribution is 8.00. The van der Waals surface area contributed by atoms with E-state index < -0.39 is 6.04 Å². The smallest absolute Gasteiger partial charge is 0.255 e. The fourth-order valence-corrected chi connectivity index (χ4v) is 5.20. The molecular weight excluding hydrogens is 380 g/mol. The van der Waals surface area contributed by atoms with Crippen LogP contribution in [0, 0.1) is 26.2 Å². The maximum Gasteiger partial charge on any atom is 0.255 e. The fourth-order valence-electron chi connectivity index (χ4n) is 3.62. The summed E-state index contributed by atoms with van der Waals surface area (Å²) in [7, 11) is 0. The Hall–Kier alpha value is -2.27. The van der Waals surface area contributed by atoms with Crippen LogP contribution in [-0.2, 0) is 4.79 Å². The van der Waals surface area contributed by atoms with E-state index in [0.29, 0.717) is 11.3 Å². The van der Waals surface area contributed by atoms with Gasteiger partial charge in [0.2, 0.25) is 5.91 Å². The van der Waals surface area contributed by atoms with Crippen molar-refractivity contribution in [1.82, 2.24) is 4.90 Å². The van der Waals surface area contributed by atoms with Crippen molar-refractivity contribution in [2.45, 2.75) is 53.0 Å². The molecule has 154 valence electrons. The van der Waals surface area contributed by atoms with Crippen LogP contribution in [0.3, 0.4) is 0 Å². The number of anilines is 1. The van der Waals surface area contributed by atoms with E-state index in [1.165, 1.54) is 5.56 Å². The molecule has 1 aliphatic heterocycles. The Labute approximate surface area is 178 Å². The average Bonchev–Trinajstić information content (AvgIpc) is 3.10. The average molecular weight is 411 g/mol. The summed E-state index contributed by atoms with van der Waals surface area (Å²) >= 11 is 1.68. The Bertz CT molecular complexity index is 933. The van der Waals surface area contributed by atoms with E-state index >= 15 is 0 Å². The van der Waals surface area contributed by atoms with Crippen LogP contribution >= 0.6 is 11.8 Å². The predicted octanol–water partition coefficient (Wildman–Crippen LogP) is 5.18. The van der Waals surface area contributed by atoms with Gasteiger partial charge in [-0.3, -0.25) is 9.59 Å². The van der Waals surface area contributed by atoms with Crippen LogP contribution in [0.4, 0.5) is 5.69 Å². The Balaban J connectivity index is 1.91. The number of carbonyl (C=O) groups excluding carboxylic acids is 2. The van der Waals surface area contributed by atoms with Crippen LogP contribution in [0.5, 0.6) is 0 Å². The molecule has 2 amide bonds. The molecule has 1 fully saturated rings. The van der Waals surface area contributed by atoms with Crippen molar-refractivity contribution < 1.29 is 9.59 Å². The molecule has 0 bridgehead atoms. The molecule has 0 unspecified atom stereocenters. The molecule has 0 aliphatic carbocycles. The highest BCUT2D eigenvalue weighted by Crippen LogP contribution is 2.41. The molecule has 2 aromatic carbocycles. The highest BCUT2D eigenvalue weighted by atomic mass is 32.2. The molecule has 4 nitrogen and oxygen atoms in total. The van der Waals surface area contributed by atoms with Crippen LogP contribution < -0.4 is 5.32 Å². The monoisotopic (exact) mass is 410 g/mol. The summed E-state index contributed by atoms with van der Waals surface area (Å²) in [5.41, 5.74) is 4.53. The van der Waals surface area contributed by atoms with Gasteiger partial charge in [-0.25, -0.2) is 0 Å². The van der Waals surface area contributed by atoms with Crippen molar-refractivity contribution in [3.8, 4) is 0 Å². The fraction of sp³-hybridized carbons (Fsp3) is 0.417. The van der Waals surface area contributed by atoms with E-state index in [1.807, 2.05) is 63.2 Å². The van der Waals surface area contributed by atoms with Gasteiger partial charge in [0.25, 0.3) is 5.91 Å². The molecule has 0 spiro atoms. The Kier molecular flexibility index (Phi) is 6.08. The molecule has 0 radical (unpaired) electrons. The summed E-state index contributed by atoms with van der Waals surface area (Å²) in [6, 6.07) is 13.0. The molecule has 1 aliphatic rings. The molecule has 0 aromatic heterocycles. The van der Waals surface area contributed by atoms with Gasteiger partial charge in [0.05, 0.1) is 5.37 Å².